The number of carbonyl (C=O) groups excluding carboxylic acids is 1. The number of likely N-dealkylation sites (N-methyl/N-ethyl adjacent to an activating group) is 1. The maximum atomic E-state index is 12.5. The topological polar surface area (TPSA) is 65.0 Å². The fraction of sp³-hybridized carbons (Fsp3) is 0.469. The number of piperazine rings is 1. The lowest BCUT2D eigenvalue weighted by molar-refractivity contribution is -0.126. The van der Waals surface area contributed by atoms with Crippen molar-refractivity contribution in [2.75, 3.05) is 64.5 Å². The fourth-order valence-electron chi connectivity index (χ4n) is 6.02. The van der Waals surface area contributed by atoms with E-state index in [4.69, 9.17) is 26.3 Å². The molecule has 1 aromatic carbocycles. The van der Waals surface area contributed by atoms with E-state index in [0.717, 1.165) is 59.8 Å². The third-order valence-corrected chi connectivity index (χ3v) is 8.72. The van der Waals surface area contributed by atoms with E-state index in [-0.39, 0.29) is 5.91 Å². The SMILES string of the molecule is C=C(c1c(Cl)cccc1/C=C\C)N1CCc2c(nc(OC[C@H]3CCCN3C)nc2N2CCN(C(=O)/C=C/CF)CC2)C1. The molecule has 0 saturated carbocycles. The Bertz CT molecular complexity index is 1360. The predicted octanol–water partition coefficient (Wildman–Crippen LogP) is 4.84. The molecule has 0 unspecified atom stereocenters. The van der Waals surface area contributed by atoms with E-state index >= 15 is 0 Å². The van der Waals surface area contributed by atoms with Gasteiger partial charge in [-0.05, 0) is 57.5 Å². The molecule has 42 heavy (non-hydrogen) atoms. The first-order valence-electron chi connectivity index (χ1n) is 14.7. The van der Waals surface area contributed by atoms with E-state index in [9.17, 15) is 9.18 Å². The van der Waals surface area contributed by atoms with E-state index < -0.39 is 6.67 Å². The number of carbonyl (C=O) groups is 1. The number of rotatable bonds is 9. The first-order chi connectivity index (χ1) is 20.4. The molecule has 4 heterocycles. The number of alkyl halides is 1. The van der Waals surface area contributed by atoms with Crippen molar-refractivity contribution < 1.29 is 13.9 Å². The van der Waals surface area contributed by atoms with Crippen molar-refractivity contribution in [3.05, 3.63) is 70.4 Å². The van der Waals surface area contributed by atoms with Gasteiger partial charge in [0.15, 0.2) is 0 Å². The lowest BCUT2D eigenvalue weighted by atomic mass is 9.99. The number of likely N-dealkylation sites (tertiary alicyclic amines) is 1. The molecular formula is C32H40ClFN6O2. The number of allylic oxidation sites excluding steroid dienone is 2. The zero-order valence-corrected chi connectivity index (χ0v) is 25.3. The molecule has 0 bridgehead atoms. The van der Waals surface area contributed by atoms with Crippen molar-refractivity contribution in [3.8, 4) is 6.01 Å². The summed E-state index contributed by atoms with van der Waals surface area (Å²) >= 11 is 6.68. The van der Waals surface area contributed by atoms with Gasteiger partial charge in [-0.3, -0.25) is 4.79 Å². The maximum Gasteiger partial charge on any atom is 0.318 e. The van der Waals surface area contributed by atoms with Gasteiger partial charge >= 0.3 is 6.01 Å². The molecule has 0 aliphatic carbocycles. The molecule has 1 atom stereocenters. The Morgan fingerprint density at radius 3 is 2.69 bits per heavy atom. The van der Waals surface area contributed by atoms with Crippen molar-refractivity contribution in [1.82, 2.24) is 24.7 Å². The lowest BCUT2D eigenvalue weighted by Crippen LogP contribution is -2.49. The fourth-order valence-corrected chi connectivity index (χ4v) is 6.31. The molecule has 2 saturated heterocycles. The molecule has 0 N–H and O–H groups in total. The van der Waals surface area contributed by atoms with Gasteiger partial charge in [-0.25, -0.2) is 4.39 Å². The Kier molecular flexibility index (Phi) is 9.80. The van der Waals surface area contributed by atoms with Crippen molar-refractivity contribution in [2.45, 2.75) is 38.8 Å². The molecule has 2 aromatic rings. The number of hydrogen-bond acceptors (Lipinski definition) is 7. The average molecular weight is 595 g/mol. The minimum Gasteiger partial charge on any atom is -0.462 e. The Hall–Kier alpha value is -3.43. The Morgan fingerprint density at radius 1 is 1.17 bits per heavy atom. The van der Waals surface area contributed by atoms with Gasteiger partial charge in [0.1, 0.15) is 19.1 Å². The second-order valence-corrected chi connectivity index (χ2v) is 11.4. The first-order valence-corrected chi connectivity index (χ1v) is 15.1. The van der Waals surface area contributed by atoms with Crippen LogP contribution in [0.15, 0.2) is 43.0 Å². The van der Waals surface area contributed by atoms with E-state index in [0.29, 0.717) is 56.4 Å². The van der Waals surface area contributed by atoms with Gasteiger partial charge in [0, 0.05) is 61.7 Å². The van der Waals surface area contributed by atoms with Gasteiger partial charge in [-0.15, -0.1) is 0 Å². The van der Waals surface area contributed by atoms with Gasteiger partial charge in [0.25, 0.3) is 0 Å². The number of ether oxygens (including phenoxy) is 1. The van der Waals surface area contributed by atoms with Crippen LogP contribution in [0.1, 0.15) is 42.1 Å². The van der Waals surface area contributed by atoms with Crippen LogP contribution in [0, 0.1) is 0 Å². The smallest absolute Gasteiger partial charge is 0.318 e. The third kappa shape index (κ3) is 6.63. The second kappa shape index (κ2) is 13.7. The monoisotopic (exact) mass is 594 g/mol. The molecule has 2 fully saturated rings. The van der Waals surface area contributed by atoms with Gasteiger partial charge in [-0.2, -0.15) is 9.97 Å². The quantitative estimate of drug-likeness (QED) is 0.385. The van der Waals surface area contributed by atoms with Crippen LogP contribution in [0.2, 0.25) is 5.02 Å². The Balaban J connectivity index is 1.40. The Morgan fingerprint density at radius 2 is 1.98 bits per heavy atom. The standard InChI is InChI=1S/C32H40ClFN6O2/c1-4-8-24-9-5-11-27(33)30(24)23(2)40-16-13-26-28(21-40)35-32(42-22-25-10-7-15-37(25)3)36-31(26)39-19-17-38(18-20-39)29(41)12-6-14-34/h4-6,8-9,11-12,25H,2,7,10,13-22H2,1,3H3/b8-4-,12-6+/t25-/m1/s1. The van der Waals surface area contributed by atoms with E-state index in [1.54, 1.807) is 4.90 Å². The number of fused-ring (bicyclic) bond motifs is 1. The second-order valence-electron chi connectivity index (χ2n) is 11.0. The van der Waals surface area contributed by atoms with E-state index in [1.807, 2.05) is 37.3 Å². The number of aromatic nitrogens is 2. The number of nitrogens with zero attached hydrogens (tertiary/aromatic N) is 6. The number of benzene rings is 1. The lowest BCUT2D eigenvalue weighted by Gasteiger charge is -2.38. The summed E-state index contributed by atoms with van der Waals surface area (Å²) in [7, 11) is 2.13. The molecule has 1 aromatic heterocycles. The first kappa shape index (κ1) is 30.0. The Labute approximate surface area is 253 Å². The minimum atomic E-state index is -0.644. The zero-order chi connectivity index (χ0) is 29.6. The number of hydrogen-bond donors (Lipinski definition) is 0. The summed E-state index contributed by atoms with van der Waals surface area (Å²) in [4.78, 5) is 30.8. The van der Waals surface area contributed by atoms with Crippen LogP contribution in [0.25, 0.3) is 11.8 Å². The molecule has 3 aliphatic rings. The average Bonchev–Trinajstić information content (AvgIpc) is 3.42. The summed E-state index contributed by atoms with van der Waals surface area (Å²) in [5.74, 6) is 0.714. The van der Waals surface area contributed by atoms with E-state index in [2.05, 4.69) is 28.3 Å². The highest BCUT2D eigenvalue weighted by Gasteiger charge is 2.30. The highest BCUT2D eigenvalue weighted by molar-refractivity contribution is 6.32. The largest absolute Gasteiger partial charge is 0.462 e. The van der Waals surface area contributed by atoms with Crippen LogP contribution < -0.4 is 9.64 Å². The van der Waals surface area contributed by atoms with Crippen LogP contribution in [-0.4, -0.2) is 96.2 Å². The predicted molar refractivity (Wildman–Crippen MR) is 166 cm³/mol. The van der Waals surface area contributed by atoms with Gasteiger partial charge < -0.3 is 24.3 Å². The highest BCUT2D eigenvalue weighted by atomic mass is 35.5. The van der Waals surface area contributed by atoms with Crippen molar-refractivity contribution in [2.24, 2.45) is 0 Å². The van der Waals surface area contributed by atoms with Gasteiger partial charge in [0.2, 0.25) is 5.91 Å². The summed E-state index contributed by atoms with van der Waals surface area (Å²) in [6.07, 6.45) is 9.63. The summed E-state index contributed by atoms with van der Waals surface area (Å²) in [6.45, 7) is 11.1. The number of anilines is 1. The van der Waals surface area contributed by atoms with Crippen molar-refractivity contribution in [1.29, 1.82) is 0 Å². The summed E-state index contributed by atoms with van der Waals surface area (Å²) < 4.78 is 18.8. The molecule has 1 amide bonds. The van der Waals surface area contributed by atoms with Crippen LogP contribution in [0.5, 0.6) is 6.01 Å². The third-order valence-electron chi connectivity index (χ3n) is 8.40. The normalized spacial score (nSPS) is 19.6. The molecule has 0 spiro atoms. The minimum absolute atomic E-state index is 0.160. The van der Waals surface area contributed by atoms with Gasteiger partial charge in [-0.1, -0.05) is 42.5 Å². The molecular weight excluding hydrogens is 555 g/mol. The summed E-state index contributed by atoms with van der Waals surface area (Å²) in [6, 6.07) is 6.63. The molecule has 3 aliphatic heterocycles. The van der Waals surface area contributed by atoms with Crippen molar-refractivity contribution >= 4 is 35.1 Å². The van der Waals surface area contributed by atoms with Crippen LogP contribution >= 0.6 is 11.6 Å². The summed E-state index contributed by atoms with van der Waals surface area (Å²) in [5.41, 5.74) is 4.85. The van der Waals surface area contributed by atoms with Crippen LogP contribution in [-0.2, 0) is 17.8 Å². The molecule has 8 nitrogen and oxygen atoms in total. The molecule has 224 valence electrons. The van der Waals surface area contributed by atoms with E-state index in [1.165, 1.54) is 18.6 Å². The van der Waals surface area contributed by atoms with Crippen LogP contribution in [0.3, 0.4) is 0 Å². The zero-order valence-electron chi connectivity index (χ0n) is 24.6. The van der Waals surface area contributed by atoms with Crippen LogP contribution in [0.4, 0.5) is 10.2 Å². The highest BCUT2D eigenvalue weighted by Crippen LogP contribution is 2.35. The van der Waals surface area contributed by atoms with Crippen molar-refractivity contribution in [3.63, 3.8) is 0 Å². The number of amides is 1. The number of halogens is 2. The molecule has 10 heteroatoms. The summed E-state index contributed by atoms with van der Waals surface area (Å²) in [5, 5.41) is 0.670. The molecule has 5 rings (SSSR count). The maximum absolute atomic E-state index is 12.5. The van der Waals surface area contributed by atoms with Gasteiger partial charge in [0.05, 0.1) is 17.3 Å². The molecule has 0 radical (unpaired) electrons.